The van der Waals surface area contributed by atoms with Crippen LogP contribution in [-0.2, 0) is 9.31 Å². The molecular weight excluding hydrogens is 374 g/mol. The zero-order valence-electron chi connectivity index (χ0n) is 16.1. The van der Waals surface area contributed by atoms with Gasteiger partial charge in [0.1, 0.15) is 5.82 Å². The molecule has 2 rings (SSSR count). The molecule has 0 bridgehead atoms. The highest BCUT2D eigenvalue weighted by Crippen LogP contribution is 2.36. The Hall–Kier alpha value is -2.46. The molecule has 0 unspecified atom stereocenters. The number of alkyl halides is 3. The van der Waals surface area contributed by atoms with Gasteiger partial charge in [-0.15, -0.1) is 0 Å². The predicted molar refractivity (Wildman–Crippen MR) is 100 cm³/mol. The third-order valence-electron chi connectivity index (χ3n) is 4.77. The van der Waals surface area contributed by atoms with E-state index < -0.39 is 41.8 Å². The van der Waals surface area contributed by atoms with Crippen molar-refractivity contribution in [2.75, 3.05) is 0 Å². The molecule has 1 aromatic carbocycles. The van der Waals surface area contributed by atoms with Gasteiger partial charge in [0.15, 0.2) is 0 Å². The van der Waals surface area contributed by atoms with E-state index >= 15 is 0 Å². The first-order valence-corrected chi connectivity index (χ1v) is 8.50. The third kappa shape index (κ3) is 4.68. The average molecular weight is 397 g/mol. The van der Waals surface area contributed by atoms with E-state index in [1.807, 2.05) is 27.7 Å². The first kappa shape index (κ1) is 21.8. The van der Waals surface area contributed by atoms with E-state index in [0.29, 0.717) is 17.7 Å². The molecule has 5 N–H and O–H groups in total. The van der Waals surface area contributed by atoms with Crippen molar-refractivity contribution >= 4 is 18.5 Å². The maximum absolute atomic E-state index is 12.7. The Kier molecular flexibility index (Phi) is 5.86. The van der Waals surface area contributed by atoms with Gasteiger partial charge in [0.05, 0.1) is 16.8 Å². The number of allylic oxidation sites excluding steroid dienone is 2. The van der Waals surface area contributed by atoms with Crippen LogP contribution < -0.4 is 22.2 Å². The van der Waals surface area contributed by atoms with Crippen LogP contribution in [0.4, 0.5) is 13.2 Å². The summed E-state index contributed by atoms with van der Waals surface area (Å²) in [6.07, 6.45) is -3.75. The molecule has 6 nitrogen and oxygen atoms in total. The van der Waals surface area contributed by atoms with Crippen LogP contribution in [-0.4, -0.2) is 30.4 Å². The van der Waals surface area contributed by atoms with Crippen LogP contribution in [0.2, 0.25) is 0 Å². The lowest BCUT2D eigenvalue weighted by Crippen LogP contribution is -2.41. The summed E-state index contributed by atoms with van der Waals surface area (Å²) in [4.78, 5) is 12.2. The lowest BCUT2D eigenvalue weighted by atomic mass is 9.79. The Morgan fingerprint density at radius 2 is 1.61 bits per heavy atom. The number of hydrogen-bond acceptors (Lipinski definition) is 5. The predicted octanol–water partition coefficient (Wildman–Crippen LogP) is 1.92. The molecule has 1 aliphatic rings. The van der Waals surface area contributed by atoms with Crippen LogP contribution >= 0.6 is 0 Å². The van der Waals surface area contributed by atoms with Crippen LogP contribution in [0, 0.1) is 0 Å². The minimum atomic E-state index is -4.67. The molecular formula is C18H23BF3N3O3. The molecule has 1 aliphatic heterocycles. The third-order valence-corrected chi connectivity index (χ3v) is 4.77. The van der Waals surface area contributed by atoms with E-state index in [0.717, 1.165) is 0 Å². The van der Waals surface area contributed by atoms with Gasteiger partial charge < -0.3 is 26.1 Å². The number of benzene rings is 1. The average Bonchev–Trinajstić information content (AvgIpc) is 2.79. The number of halogens is 3. The summed E-state index contributed by atoms with van der Waals surface area (Å²) < 4.78 is 49.8. The van der Waals surface area contributed by atoms with Crippen LogP contribution in [0.15, 0.2) is 47.9 Å². The highest BCUT2D eigenvalue weighted by atomic mass is 19.4. The maximum Gasteiger partial charge on any atom is 0.494 e. The monoisotopic (exact) mass is 397 g/mol. The number of nitrogens with two attached hydrogens (primary N) is 2. The molecule has 0 spiro atoms. The van der Waals surface area contributed by atoms with Crippen molar-refractivity contribution in [3.8, 4) is 0 Å². The number of hydrogen-bond donors (Lipinski definition) is 3. The minimum absolute atomic E-state index is 0.210. The Morgan fingerprint density at radius 1 is 1.11 bits per heavy atom. The lowest BCUT2D eigenvalue weighted by Gasteiger charge is -2.32. The first-order valence-electron chi connectivity index (χ1n) is 8.50. The number of carbonyl (C=O) groups is 1. The van der Waals surface area contributed by atoms with Crippen molar-refractivity contribution in [2.24, 2.45) is 11.5 Å². The summed E-state index contributed by atoms with van der Waals surface area (Å²) in [5.41, 5.74) is 9.17. The Morgan fingerprint density at radius 3 is 2.04 bits per heavy atom. The normalized spacial score (nSPS) is 19.6. The summed E-state index contributed by atoms with van der Waals surface area (Å²) in [6, 6.07) is 6.31. The highest BCUT2D eigenvalue weighted by molar-refractivity contribution is 6.62. The molecule has 1 aromatic rings. The van der Waals surface area contributed by atoms with Gasteiger partial charge >= 0.3 is 13.3 Å². The van der Waals surface area contributed by atoms with Crippen LogP contribution in [0.5, 0.6) is 0 Å². The fourth-order valence-corrected chi connectivity index (χ4v) is 2.40. The Balaban J connectivity index is 2.09. The molecule has 0 aliphatic carbocycles. The molecule has 0 aromatic heterocycles. The van der Waals surface area contributed by atoms with Crippen molar-refractivity contribution in [3.63, 3.8) is 0 Å². The number of amides is 1. The summed E-state index contributed by atoms with van der Waals surface area (Å²) >= 11 is 0. The van der Waals surface area contributed by atoms with Crippen LogP contribution in [0.1, 0.15) is 38.1 Å². The second-order valence-electron chi connectivity index (χ2n) is 7.38. The standard InChI is InChI=1S/C18H23BF3N3O3/c1-16(2)17(3,4)28-19(27-16)13-7-5-11(6-8-13)15(26)25-14(24)9-12(10-23)18(20,21)22/h5-10H,23-24H2,1-4H3,(H,25,26)/b12-10+,14-9+. The Bertz CT molecular complexity index is 787. The van der Waals surface area contributed by atoms with Crippen molar-refractivity contribution in [1.82, 2.24) is 5.32 Å². The summed E-state index contributed by atoms with van der Waals surface area (Å²) in [5.74, 6) is -1.14. The van der Waals surface area contributed by atoms with Crippen molar-refractivity contribution < 1.29 is 27.3 Å². The highest BCUT2D eigenvalue weighted by Gasteiger charge is 2.51. The molecule has 0 radical (unpaired) electrons. The van der Waals surface area contributed by atoms with Crippen LogP contribution in [0.25, 0.3) is 0 Å². The van der Waals surface area contributed by atoms with Gasteiger partial charge in [0, 0.05) is 11.8 Å². The van der Waals surface area contributed by atoms with E-state index in [1.165, 1.54) is 12.1 Å². The largest absolute Gasteiger partial charge is 0.494 e. The van der Waals surface area contributed by atoms with Crippen molar-refractivity contribution in [3.05, 3.63) is 53.5 Å². The van der Waals surface area contributed by atoms with Gasteiger partial charge in [-0.3, -0.25) is 4.79 Å². The van der Waals surface area contributed by atoms with Gasteiger partial charge in [-0.2, -0.15) is 13.2 Å². The van der Waals surface area contributed by atoms with E-state index in [-0.39, 0.29) is 5.56 Å². The summed E-state index contributed by atoms with van der Waals surface area (Å²) in [6.45, 7) is 7.70. The van der Waals surface area contributed by atoms with E-state index in [2.05, 4.69) is 5.32 Å². The quantitative estimate of drug-likeness (QED) is 0.533. The molecule has 0 atom stereocenters. The van der Waals surface area contributed by atoms with Crippen molar-refractivity contribution in [1.29, 1.82) is 0 Å². The molecule has 0 saturated carbocycles. The number of nitrogens with one attached hydrogen (secondary N) is 1. The van der Waals surface area contributed by atoms with Crippen molar-refractivity contribution in [2.45, 2.75) is 45.1 Å². The minimum Gasteiger partial charge on any atom is -0.404 e. The Labute approximate surface area is 161 Å². The van der Waals surface area contributed by atoms with E-state index in [9.17, 15) is 18.0 Å². The molecule has 1 amide bonds. The smallest absolute Gasteiger partial charge is 0.404 e. The number of carbonyl (C=O) groups excluding carboxylic acids is 1. The van der Waals surface area contributed by atoms with E-state index in [1.54, 1.807) is 12.1 Å². The molecule has 28 heavy (non-hydrogen) atoms. The van der Waals surface area contributed by atoms with Crippen LogP contribution in [0.3, 0.4) is 0 Å². The summed E-state index contributed by atoms with van der Waals surface area (Å²) in [7, 11) is -0.587. The maximum atomic E-state index is 12.7. The zero-order chi connectivity index (χ0) is 21.3. The summed E-state index contributed by atoms with van der Waals surface area (Å²) in [5, 5.41) is 2.19. The molecule has 1 saturated heterocycles. The molecule has 10 heteroatoms. The first-order chi connectivity index (χ1) is 12.8. The van der Waals surface area contributed by atoms with Gasteiger partial charge in [-0.05, 0) is 51.4 Å². The SMILES string of the molecule is CC1(C)OB(c2ccc(C(=O)N/C(N)=C/C(=C\N)C(F)(F)F)cc2)OC1(C)C. The second-order valence-corrected chi connectivity index (χ2v) is 7.38. The fraction of sp³-hybridized carbons (Fsp3) is 0.389. The lowest BCUT2D eigenvalue weighted by molar-refractivity contribution is -0.0884. The molecule has 152 valence electrons. The number of rotatable bonds is 4. The van der Waals surface area contributed by atoms with Gasteiger partial charge in [0.2, 0.25) is 0 Å². The zero-order valence-corrected chi connectivity index (χ0v) is 16.1. The second kappa shape index (κ2) is 7.52. The molecule has 1 fully saturated rings. The van der Waals surface area contributed by atoms with Gasteiger partial charge in [-0.25, -0.2) is 0 Å². The van der Waals surface area contributed by atoms with Gasteiger partial charge in [0.25, 0.3) is 5.91 Å². The van der Waals surface area contributed by atoms with Gasteiger partial charge in [-0.1, -0.05) is 12.1 Å². The fourth-order valence-electron chi connectivity index (χ4n) is 2.40. The molecule has 1 heterocycles. The topological polar surface area (TPSA) is 99.6 Å². The van der Waals surface area contributed by atoms with E-state index in [4.69, 9.17) is 20.8 Å².